The van der Waals surface area contributed by atoms with Gasteiger partial charge in [-0.05, 0) is 16.2 Å². The largest absolute Gasteiger partial charge is 0.348 e. The van der Waals surface area contributed by atoms with E-state index in [0.717, 1.165) is 0 Å². The predicted octanol–water partition coefficient (Wildman–Crippen LogP) is 4.57. The summed E-state index contributed by atoms with van der Waals surface area (Å²) in [5.74, 6) is 0. The summed E-state index contributed by atoms with van der Waals surface area (Å²) in [6.45, 7) is 28.9. The van der Waals surface area contributed by atoms with Gasteiger partial charge < -0.3 is 4.23 Å². The first kappa shape index (κ1) is 19.4. The molecule has 0 radical (unpaired) electrons. The van der Waals surface area contributed by atoms with E-state index in [1.165, 1.54) is 6.17 Å². The number of hydrogen-bond acceptors (Lipinski definition) is 1. The Morgan fingerprint density at radius 2 is 1.21 bits per heavy atom. The fourth-order valence-corrected chi connectivity index (χ4v) is 17.2. The lowest BCUT2D eigenvalue weighted by atomic mass is 10.2. The van der Waals surface area contributed by atoms with Crippen molar-refractivity contribution in [3.05, 3.63) is 12.3 Å². The van der Waals surface area contributed by atoms with Crippen molar-refractivity contribution in [3.63, 3.8) is 0 Å². The molecule has 0 N–H and O–H groups in total. The van der Waals surface area contributed by atoms with Gasteiger partial charge in [-0.2, -0.15) is 0 Å². The Bertz CT molecular complexity index is 282. The minimum absolute atomic E-state index is 0.142. The average molecular weight is 316 g/mol. The quantitative estimate of drug-likeness (QED) is 0.672. The summed E-state index contributed by atoms with van der Waals surface area (Å²) < 4.78 is 3.02. The van der Waals surface area contributed by atoms with E-state index in [9.17, 15) is 0 Å². The van der Waals surface area contributed by atoms with Gasteiger partial charge in [0.2, 0.25) is 0 Å². The SMILES string of the molecule is C=C[SiH2]CN([Si](C)(C)C(C)(C)C)[Si](C)(C)C(C)(C)C. The Kier molecular flexibility index (Phi) is 6.11. The second kappa shape index (κ2) is 6.00. The van der Waals surface area contributed by atoms with Gasteiger partial charge in [0.05, 0.1) is 9.52 Å². The van der Waals surface area contributed by atoms with Crippen LogP contribution in [-0.4, -0.2) is 36.4 Å². The highest BCUT2D eigenvalue weighted by Gasteiger charge is 2.51. The Labute approximate surface area is 126 Å². The molecule has 0 fully saturated rings. The third kappa shape index (κ3) is 4.16. The maximum atomic E-state index is 3.99. The lowest BCUT2D eigenvalue weighted by molar-refractivity contribution is 0.559. The van der Waals surface area contributed by atoms with E-state index < -0.39 is 16.5 Å². The highest BCUT2D eigenvalue weighted by atomic mass is 28.4. The Balaban J connectivity index is 5.64. The molecule has 1 nitrogen and oxygen atoms in total. The van der Waals surface area contributed by atoms with Crippen LogP contribution >= 0.6 is 0 Å². The molecule has 114 valence electrons. The van der Waals surface area contributed by atoms with Crippen molar-refractivity contribution in [2.75, 3.05) is 6.17 Å². The number of nitrogens with zero attached hydrogens (tertiary/aromatic N) is 1. The van der Waals surface area contributed by atoms with Crippen molar-refractivity contribution in [2.45, 2.75) is 77.8 Å². The molecule has 0 rings (SSSR count). The standard InChI is InChI=1S/C15H37NSi3/c1-12-17-13-16(18(8,9)14(2,3)4)19(10,11)15(5,6)7/h12H,1,13,17H2,2-11H3. The Morgan fingerprint density at radius 1 is 0.895 bits per heavy atom. The van der Waals surface area contributed by atoms with Crippen molar-refractivity contribution in [1.29, 1.82) is 0 Å². The summed E-state index contributed by atoms with van der Waals surface area (Å²) in [5, 5.41) is 0.857. The minimum Gasteiger partial charge on any atom is -0.348 e. The molecule has 0 saturated carbocycles. The van der Waals surface area contributed by atoms with E-state index in [-0.39, 0.29) is 9.52 Å². The van der Waals surface area contributed by atoms with Gasteiger partial charge in [0, 0.05) is 0 Å². The molecule has 0 spiro atoms. The van der Waals surface area contributed by atoms with E-state index in [4.69, 9.17) is 0 Å². The molecule has 0 aromatic heterocycles. The smallest absolute Gasteiger partial charge is 0.120 e. The summed E-state index contributed by atoms with van der Waals surface area (Å²) in [6, 6.07) is 0. The number of rotatable bonds is 5. The van der Waals surface area contributed by atoms with Crippen LogP contribution in [0.25, 0.3) is 0 Å². The summed E-state index contributed by atoms with van der Waals surface area (Å²) in [4.78, 5) is 0. The van der Waals surface area contributed by atoms with Gasteiger partial charge in [0.25, 0.3) is 0 Å². The van der Waals surface area contributed by atoms with Gasteiger partial charge in [-0.3, -0.25) is 0 Å². The van der Waals surface area contributed by atoms with Crippen LogP contribution in [0.1, 0.15) is 41.5 Å². The molecular weight excluding hydrogens is 278 g/mol. The molecule has 0 saturated heterocycles. The van der Waals surface area contributed by atoms with Gasteiger partial charge in [0.1, 0.15) is 16.5 Å². The van der Waals surface area contributed by atoms with Crippen LogP contribution in [0, 0.1) is 0 Å². The average Bonchev–Trinajstić information content (AvgIpc) is 2.13. The van der Waals surface area contributed by atoms with Crippen molar-refractivity contribution < 1.29 is 0 Å². The first-order valence-electron chi connectivity index (χ1n) is 7.58. The van der Waals surface area contributed by atoms with Crippen molar-refractivity contribution in [3.8, 4) is 0 Å². The maximum absolute atomic E-state index is 3.99. The van der Waals surface area contributed by atoms with E-state index >= 15 is 0 Å². The highest BCUT2D eigenvalue weighted by molar-refractivity contribution is 6.93. The fourth-order valence-electron chi connectivity index (χ4n) is 2.29. The van der Waals surface area contributed by atoms with Crippen LogP contribution in [0.3, 0.4) is 0 Å². The van der Waals surface area contributed by atoms with E-state index in [0.29, 0.717) is 10.1 Å². The predicted molar refractivity (Wildman–Crippen MR) is 99.8 cm³/mol. The molecule has 0 aromatic carbocycles. The molecule has 0 unspecified atom stereocenters. The normalized spacial score (nSPS) is 15.5. The first-order chi connectivity index (χ1) is 8.19. The zero-order valence-electron chi connectivity index (χ0n) is 15.1. The van der Waals surface area contributed by atoms with Gasteiger partial charge in [-0.25, -0.2) is 0 Å². The van der Waals surface area contributed by atoms with Crippen LogP contribution < -0.4 is 0 Å². The molecule has 0 bridgehead atoms. The van der Waals surface area contributed by atoms with Gasteiger partial charge in [-0.15, -0.1) is 12.3 Å². The fraction of sp³-hybridized carbons (Fsp3) is 0.867. The highest BCUT2D eigenvalue weighted by Crippen LogP contribution is 2.46. The van der Waals surface area contributed by atoms with Crippen LogP contribution in [0.15, 0.2) is 12.3 Å². The monoisotopic (exact) mass is 315 g/mol. The topological polar surface area (TPSA) is 3.24 Å². The second-order valence-electron chi connectivity index (χ2n) is 8.85. The molecule has 0 aliphatic carbocycles. The van der Waals surface area contributed by atoms with Crippen molar-refractivity contribution in [1.82, 2.24) is 4.23 Å². The first-order valence-corrected chi connectivity index (χ1v) is 15.3. The summed E-state index contributed by atoms with van der Waals surface area (Å²) >= 11 is 0. The van der Waals surface area contributed by atoms with Crippen LogP contribution in [0.5, 0.6) is 0 Å². The maximum Gasteiger partial charge on any atom is 0.120 e. The second-order valence-corrected chi connectivity index (χ2v) is 21.2. The number of hydrogen-bond donors (Lipinski definition) is 0. The van der Waals surface area contributed by atoms with Gasteiger partial charge >= 0.3 is 0 Å². The minimum atomic E-state index is -1.43. The lowest BCUT2D eigenvalue weighted by Gasteiger charge is -2.57. The molecule has 0 aliphatic rings. The molecular formula is C15H37NSi3. The Hall–Kier alpha value is 0.351. The molecule has 4 heteroatoms. The molecule has 0 aromatic rings. The summed E-state index contributed by atoms with van der Waals surface area (Å²) in [6.07, 6.45) is 1.33. The van der Waals surface area contributed by atoms with E-state index in [2.05, 4.69) is 84.2 Å². The third-order valence-corrected chi connectivity index (χ3v) is 21.4. The van der Waals surface area contributed by atoms with Crippen LogP contribution in [0.4, 0.5) is 0 Å². The third-order valence-electron chi connectivity index (χ3n) is 5.58. The zero-order valence-corrected chi connectivity index (χ0v) is 18.6. The van der Waals surface area contributed by atoms with Gasteiger partial charge in [-0.1, -0.05) is 67.7 Å². The van der Waals surface area contributed by atoms with Crippen LogP contribution in [0.2, 0.25) is 36.3 Å². The molecule has 0 amide bonds. The molecule has 0 aliphatic heterocycles. The van der Waals surface area contributed by atoms with Crippen molar-refractivity contribution in [2.24, 2.45) is 0 Å². The van der Waals surface area contributed by atoms with Crippen LogP contribution in [-0.2, 0) is 0 Å². The molecule has 19 heavy (non-hydrogen) atoms. The zero-order chi connectivity index (χ0) is 15.7. The summed E-state index contributed by atoms with van der Waals surface area (Å²) in [5.41, 5.74) is 2.22. The Morgan fingerprint density at radius 3 is 1.42 bits per heavy atom. The molecule has 0 atom stereocenters. The van der Waals surface area contributed by atoms with E-state index in [1.807, 2.05) is 0 Å². The van der Waals surface area contributed by atoms with Crippen molar-refractivity contribution >= 4 is 26.0 Å². The summed E-state index contributed by atoms with van der Waals surface area (Å²) in [7, 11) is -3.01. The van der Waals surface area contributed by atoms with E-state index in [1.54, 1.807) is 0 Å². The molecule has 0 heterocycles. The van der Waals surface area contributed by atoms with Gasteiger partial charge in [0.15, 0.2) is 0 Å². The lowest BCUT2D eigenvalue weighted by Crippen LogP contribution is -2.69.